The van der Waals surface area contributed by atoms with Crippen molar-refractivity contribution < 1.29 is 18.3 Å². The zero-order valence-corrected chi connectivity index (χ0v) is 16.4. The predicted molar refractivity (Wildman–Crippen MR) is 108 cm³/mol. The number of nitrogens with zero attached hydrogens (tertiary/aromatic N) is 3. The number of amides is 1. The number of carbonyl (C=O) groups excluding carboxylic acids is 1. The van der Waals surface area contributed by atoms with Gasteiger partial charge in [-0.1, -0.05) is 0 Å². The second-order valence-corrected chi connectivity index (χ2v) is 7.75. The number of hydrogen-bond acceptors (Lipinski definition) is 6. The summed E-state index contributed by atoms with van der Waals surface area (Å²) in [6.07, 6.45) is -0.578. The monoisotopic (exact) mass is 433 g/mol. The van der Waals surface area contributed by atoms with Crippen LogP contribution in [0.3, 0.4) is 0 Å². The summed E-state index contributed by atoms with van der Waals surface area (Å²) in [6, 6.07) is 9.31. The second kappa shape index (κ2) is 8.20. The Kier molecular flexibility index (Phi) is 5.46. The molecule has 3 heterocycles. The third kappa shape index (κ3) is 4.02. The largest absolute Gasteiger partial charge is 0.482 e. The lowest BCUT2D eigenvalue weighted by Crippen LogP contribution is -2.27. The molecule has 0 spiro atoms. The second-order valence-electron chi connectivity index (χ2n) is 6.58. The maximum atomic E-state index is 12.8. The molecule has 0 radical (unpaired) electrons. The standard InChI is InChI=1S/C19H17F2N5O3S/c20-18(21)12(6-22)7-26-19(28)25(10-23-26)8-13-2-4-16(30-13)11-1-3-15-14(5-11)24-17(27)9-29-15/h1-5,10H,6-9,22H2,(H,24,27). The molecule has 8 nitrogen and oxygen atoms in total. The Morgan fingerprint density at radius 3 is 2.87 bits per heavy atom. The Morgan fingerprint density at radius 1 is 1.27 bits per heavy atom. The Morgan fingerprint density at radius 2 is 2.10 bits per heavy atom. The molecule has 0 saturated carbocycles. The molecule has 4 rings (SSSR count). The summed E-state index contributed by atoms with van der Waals surface area (Å²) < 4.78 is 33.2. The molecule has 0 saturated heterocycles. The molecule has 11 heteroatoms. The van der Waals surface area contributed by atoms with Crippen LogP contribution >= 0.6 is 11.3 Å². The third-order valence-corrected chi connectivity index (χ3v) is 5.66. The molecular formula is C19H17F2N5O3S. The van der Waals surface area contributed by atoms with Crippen molar-refractivity contribution in [2.45, 2.75) is 13.1 Å². The van der Waals surface area contributed by atoms with Crippen LogP contribution in [-0.4, -0.2) is 33.4 Å². The fourth-order valence-electron chi connectivity index (χ4n) is 2.99. The molecule has 0 fully saturated rings. The number of rotatable bonds is 6. The van der Waals surface area contributed by atoms with E-state index in [-0.39, 0.29) is 37.7 Å². The van der Waals surface area contributed by atoms with Crippen molar-refractivity contribution >= 4 is 22.9 Å². The van der Waals surface area contributed by atoms with E-state index in [4.69, 9.17) is 10.5 Å². The van der Waals surface area contributed by atoms with E-state index in [1.807, 2.05) is 24.3 Å². The molecule has 1 aliphatic heterocycles. The molecule has 156 valence electrons. The number of anilines is 1. The first-order chi connectivity index (χ1) is 14.4. The zero-order valence-electron chi connectivity index (χ0n) is 15.6. The molecular weight excluding hydrogens is 416 g/mol. The van der Waals surface area contributed by atoms with Gasteiger partial charge in [0.05, 0.1) is 18.8 Å². The molecule has 2 aromatic heterocycles. The average molecular weight is 433 g/mol. The fourth-order valence-corrected chi connectivity index (χ4v) is 4.00. The minimum Gasteiger partial charge on any atom is -0.482 e. The number of benzene rings is 1. The topological polar surface area (TPSA) is 104 Å². The predicted octanol–water partition coefficient (Wildman–Crippen LogP) is 2.26. The van der Waals surface area contributed by atoms with Gasteiger partial charge in [0.1, 0.15) is 12.1 Å². The van der Waals surface area contributed by atoms with Crippen LogP contribution in [0, 0.1) is 0 Å². The summed E-state index contributed by atoms with van der Waals surface area (Å²) in [7, 11) is 0. The lowest BCUT2D eigenvalue weighted by molar-refractivity contribution is -0.118. The van der Waals surface area contributed by atoms with Crippen LogP contribution < -0.4 is 21.5 Å². The molecule has 0 atom stereocenters. The van der Waals surface area contributed by atoms with E-state index in [1.165, 1.54) is 22.2 Å². The first-order valence-corrected chi connectivity index (χ1v) is 9.77. The van der Waals surface area contributed by atoms with Crippen molar-refractivity contribution in [1.29, 1.82) is 0 Å². The van der Waals surface area contributed by atoms with Gasteiger partial charge in [-0.2, -0.15) is 13.9 Å². The van der Waals surface area contributed by atoms with Crippen LogP contribution in [0.2, 0.25) is 0 Å². The molecule has 0 bridgehead atoms. The van der Waals surface area contributed by atoms with Gasteiger partial charge in [-0.05, 0) is 35.9 Å². The van der Waals surface area contributed by atoms with Crippen molar-refractivity contribution in [2.75, 3.05) is 18.5 Å². The number of ether oxygens (including phenoxy) is 1. The number of nitrogens with one attached hydrogen (secondary N) is 1. The molecule has 3 aromatic rings. The summed E-state index contributed by atoms with van der Waals surface area (Å²) in [4.78, 5) is 25.8. The SMILES string of the molecule is NCC(Cn1ncn(Cc2ccc(-c3ccc4c(c3)NC(=O)CO4)s2)c1=O)=C(F)F. The van der Waals surface area contributed by atoms with E-state index in [0.717, 1.165) is 20.0 Å². The van der Waals surface area contributed by atoms with Crippen LogP contribution in [0.1, 0.15) is 4.88 Å². The van der Waals surface area contributed by atoms with E-state index in [0.29, 0.717) is 11.4 Å². The number of carbonyl (C=O) groups is 1. The van der Waals surface area contributed by atoms with Gasteiger partial charge < -0.3 is 15.8 Å². The Labute approximate surface area is 173 Å². The maximum absolute atomic E-state index is 12.8. The van der Waals surface area contributed by atoms with Crippen LogP contribution in [0.15, 0.2) is 53.1 Å². The molecule has 0 unspecified atom stereocenters. The highest BCUT2D eigenvalue weighted by Crippen LogP contribution is 2.35. The zero-order chi connectivity index (χ0) is 21.3. The Balaban J connectivity index is 1.52. The molecule has 3 N–H and O–H groups in total. The van der Waals surface area contributed by atoms with E-state index < -0.39 is 11.8 Å². The molecule has 1 aliphatic rings. The van der Waals surface area contributed by atoms with Crippen LogP contribution in [-0.2, 0) is 17.9 Å². The highest BCUT2D eigenvalue weighted by molar-refractivity contribution is 7.15. The molecule has 30 heavy (non-hydrogen) atoms. The van der Waals surface area contributed by atoms with Crippen LogP contribution in [0.4, 0.5) is 14.5 Å². The molecule has 1 amide bonds. The van der Waals surface area contributed by atoms with E-state index in [2.05, 4.69) is 10.4 Å². The van der Waals surface area contributed by atoms with E-state index in [9.17, 15) is 18.4 Å². The lowest BCUT2D eigenvalue weighted by atomic mass is 10.1. The first kappa shape index (κ1) is 20.0. The van der Waals surface area contributed by atoms with Gasteiger partial charge in [0.25, 0.3) is 12.0 Å². The van der Waals surface area contributed by atoms with Gasteiger partial charge in [0.2, 0.25) is 0 Å². The number of aromatic nitrogens is 3. The fraction of sp³-hybridized carbons (Fsp3) is 0.211. The number of nitrogens with two attached hydrogens (primary N) is 1. The Bertz CT molecular complexity index is 1190. The highest BCUT2D eigenvalue weighted by Gasteiger charge is 2.17. The summed E-state index contributed by atoms with van der Waals surface area (Å²) in [5.41, 5.74) is 5.98. The van der Waals surface area contributed by atoms with Crippen molar-refractivity contribution in [3.63, 3.8) is 0 Å². The molecule has 0 aliphatic carbocycles. The highest BCUT2D eigenvalue weighted by atomic mass is 32.1. The van der Waals surface area contributed by atoms with Crippen LogP contribution in [0.25, 0.3) is 10.4 Å². The van der Waals surface area contributed by atoms with Gasteiger partial charge >= 0.3 is 5.69 Å². The molecule has 1 aromatic carbocycles. The normalized spacial score (nSPS) is 12.8. The number of hydrogen-bond donors (Lipinski definition) is 2. The van der Waals surface area contributed by atoms with E-state index in [1.54, 1.807) is 6.07 Å². The van der Waals surface area contributed by atoms with E-state index >= 15 is 0 Å². The maximum Gasteiger partial charge on any atom is 0.346 e. The first-order valence-electron chi connectivity index (χ1n) is 8.95. The quantitative estimate of drug-likeness (QED) is 0.621. The van der Waals surface area contributed by atoms with Crippen molar-refractivity contribution in [3.8, 4) is 16.2 Å². The average Bonchev–Trinajstić information content (AvgIpc) is 3.33. The van der Waals surface area contributed by atoms with Crippen molar-refractivity contribution in [3.05, 3.63) is 63.7 Å². The van der Waals surface area contributed by atoms with Gasteiger partial charge in [0, 0.05) is 21.9 Å². The Hall–Kier alpha value is -3.31. The van der Waals surface area contributed by atoms with Crippen molar-refractivity contribution in [2.24, 2.45) is 5.73 Å². The van der Waals surface area contributed by atoms with Gasteiger partial charge in [-0.3, -0.25) is 9.36 Å². The summed E-state index contributed by atoms with van der Waals surface area (Å²) in [5, 5.41) is 6.67. The number of thiophene rings is 1. The summed E-state index contributed by atoms with van der Waals surface area (Å²) in [6.45, 7) is -0.433. The van der Waals surface area contributed by atoms with Crippen molar-refractivity contribution in [1.82, 2.24) is 14.3 Å². The summed E-state index contributed by atoms with van der Waals surface area (Å²) >= 11 is 1.47. The van der Waals surface area contributed by atoms with Gasteiger partial charge in [-0.25, -0.2) is 9.48 Å². The number of halogens is 2. The van der Waals surface area contributed by atoms with Crippen LogP contribution in [0.5, 0.6) is 5.75 Å². The number of fused-ring (bicyclic) bond motifs is 1. The minimum atomic E-state index is -1.89. The summed E-state index contributed by atoms with van der Waals surface area (Å²) in [5.74, 6) is 0.410. The minimum absolute atomic E-state index is 0.00152. The third-order valence-electron chi connectivity index (χ3n) is 4.54. The lowest BCUT2D eigenvalue weighted by Gasteiger charge is -2.18. The smallest absolute Gasteiger partial charge is 0.346 e. The van der Waals surface area contributed by atoms with Gasteiger partial charge in [0.15, 0.2) is 6.61 Å². The van der Waals surface area contributed by atoms with Gasteiger partial charge in [-0.15, -0.1) is 11.3 Å².